The molecule has 0 aromatic carbocycles. The third-order valence-electron chi connectivity index (χ3n) is 4.42. The Hall–Kier alpha value is -2.16. The van der Waals surface area contributed by atoms with E-state index in [1.165, 1.54) is 4.90 Å². The molecule has 1 heterocycles. The standard InChI is InChI=1S/C20H35N3O6/c1-5-7-11-29-20(27)23(14-18(25)28-6-2)17(24)13-22(12-15(3)4)19(26)16-9-8-10-21-16/h15-16,21H,5-14H2,1-4H3/t16-/m0/s1. The summed E-state index contributed by atoms with van der Waals surface area (Å²) in [6.07, 6.45) is 2.20. The number of carbonyl (C=O) groups is 4. The highest BCUT2D eigenvalue weighted by Gasteiger charge is 2.32. The summed E-state index contributed by atoms with van der Waals surface area (Å²) in [6.45, 7) is 8.08. The Bertz CT molecular complexity index is 560. The number of carbonyl (C=O) groups excluding carboxylic acids is 4. The molecule has 0 saturated carbocycles. The van der Waals surface area contributed by atoms with Gasteiger partial charge in [-0.15, -0.1) is 0 Å². The number of nitrogens with zero attached hydrogens (tertiary/aromatic N) is 2. The zero-order chi connectivity index (χ0) is 21.8. The Kier molecular flexibility index (Phi) is 11.3. The fourth-order valence-corrected chi connectivity index (χ4v) is 3.01. The molecule has 0 aromatic rings. The zero-order valence-corrected chi connectivity index (χ0v) is 18.1. The number of amides is 3. The molecule has 1 fully saturated rings. The maximum absolute atomic E-state index is 12.9. The summed E-state index contributed by atoms with van der Waals surface area (Å²) >= 11 is 0. The van der Waals surface area contributed by atoms with Crippen molar-refractivity contribution >= 4 is 23.9 Å². The third-order valence-corrected chi connectivity index (χ3v) is 4.42. The summed E-state index contributed by atoms with van der Waals surface area (Å²) in [5.74, 6) is -1.39. The number of imide groups is 1. The first-order valence-electron chi connectivity index (χ1n) is 10.4. The maximum Gasteiger partial charge on any atom is 0.417 e. The van der Waals surface area contributed by atoms with E-state index in [-0.39, 0.29) is 37.6 Å². The maximum atomic E-state index is 12.9. The van der Waals surface area contributed by atoms with E-state index >= 15 is 0 Å². The number of hydrogen-bond donors (Lipinski definition) is 1. The van der Waals surface area contributed by atoms with Crippen molar-refractivity contribution in [2.75, 3.05) is 39.4 Å². The molecule has 1 aliphatic rings. The first-order valence-corrected chi connectivity index (χ1v) is 10.4. The van der Waals surface area contributed by atoms with Crippen molar-refractivity contribution in [3.8, 4) is 0 Å². The highest BCUT2D eigenvalue weighted by atomic mass is 16.6. The van der Waals surface area contributed by atoms with Crippen molar-refractivity contribution in [2.24, 2.45) is 5.92 Å². The molecular formula is C20H35N3O6. The lowest BCUT2D eigenvalue weighted by Crippen LogP contribution is -2.51. The van der Waals surface area contributed by atoms with Crippen molar-refractivity contribution in [3.63, 3.8) is 0 Å². The molecule has 0 bridgehead atoms. The van der Waals surface area contributed by atoms with Crippen molar-refractivity contribution in [2.45, 2.75) is 59.4 Å². The second-order valence-corrected chi connectivity index (χ2v) is 7.51. The second-order valence-electron chi connectivity index (χ2n) is 7.51. The van der Waals surface area contributed by atoms with Gasteiger partial charge >= 0.3 is 12.1 Å². The zero-order valence-electron chi connectivity index (χ0n) is 18.1. The number of nitrogens with one attached hydrogen (secondary N) is 1. The van der Waals surface area contributed by atoms with E-state index in [9.17, 15) is 19.2 Å². The van der Waals surface area contributed by atoms with E-state index in [4.69, 9.17) is 9.47 Å². The summed E-state index contributed by atoms with van der Waals surface area (Å²) in [6, 6.07) is -0.323. The van der Waals surface area contributed by atoms with Crippen LogP contribution in [0.5, 0.6) is 0 Å². The summed E-state index contributed by atoms with van der Waals surface area (Å²) in [5, 5.41) is 3.14. The molecule has 0 radical (unpaired) electrons. The molecule has 0 spiro atoms. The predicted octanol–water partition coefficient (Wildman–Crippen LogP) is 1.55. The molecule has 1 rings (SSSR count). The van der Waals surface area contributed by atoms with E-state index < -0.39 is 24.5 Å². The van der Waals surface area contributed by atoms with E-state index in [1.54, 1.807) is 6.92 Å². The van der Waals surface area contributed by atoms with Crippen LogP contribution in [0.25, 0.3) is 0 Å². The van der Waals surface area contributed by atoms with Gasteiger partial charge in [0.25, 0.3) is 5.91 Å². The Labute approximate surface area is 173 Å². The Balaban J connectivity index is 2.89. The van der Waals surface area contributed by atoms with Crippen LogP contribution in [0.1, 0.15) is 53.4 Å². The minimum atomic E-state index is -0.896. The Morgan fingerprint density at radius 3 is 2.38 bits per heavy atom. The molecule has 9 nitrogen and oxygen atoms in total. The molecule has 0 aliphatic carbocycles. The second kappa shape index (κ2) is 13.1. The molecule has 1 N–H and O–H groups in total. The molecule has 166 valence electrons. The lowest BCUT2D eigenvalue weighted by Gasteiger charge is -2.29. The molecule has 9 heteroatoms. The largest absolute Gasteiger partial charge is 0.465 e. The van der Waals surface area contributed by atoms with Gasteiger partial charge in [0.15, 0.2) is 0 Å². The monoisotopic (exact) mass is 413 g/mol. The van der Waals surface area contributed by atoms with Gasteiger partial charge in [-0.05, 0) is 38.6 Å². The van der Waals surface area contributed by atoms with Gasteiger partial charge in [-0.25, -0.2) is 9.69 Å². The minimum absolute atomic E-state index is 0.136. The normalized spacial score (nSPS) is 15.8. The van der Waals surface area contributed by atoms with Gasteiger partial charge in [0.2, 0.25) is 5.91 Å². The molecule has 29 heavy (non-hydrogen) atoms. The molecule has 1 saturated heterocycles. The van der Waals surface area contributed by atoms with Crippen molar-refractivity contribution in [1.29, 1.82) is 0 Å². The first kappa shape index (κ1) is 24.9. The molecule has 3 amide bonds. The van der Waals surface area contributed by atoms with E-state index in [0.717, 1.165) is 24.3 Å². The summed E-state index contributed by atoms with van der Waals surface area (Å²) in [7, 11) is 0. The van der Waals surface area contributed by atoms with E-state index in [1.807, 2.05) is 20.8 Å². The lowest BCUT2D eigenvalue weighted by atomic mass is 10.1. The van der Waals surface area contributed by atoms with Crippen LogP contribution in [0.15, 0.2) is 0 Å². The number of hydrogen-bond acceptors (Lipinski definition) is 7. The van der Waals surface area contributed by atoms with Crippen LogP contribution in [0.2, 0.25) is 0 Å². The van der Waals surface area contributed by atoms with Gasteiger partial charge in [-0.3, -0.25) is 14.4 Å². The van der Waals surface area contributed by atoms with E-state index in [2.05, 4.69) is 5.32 Å². The molecule has 0 aromatic heterocycles. The third kappa shape index (κ3) is 8.81. The first-order chi connectivity index (χ1) is 13.8. The molecular weight excluding hydrogens is 378 g/mol. The highest BCUT2D eigenvalue weighted by molar-refractivity contribution is 5.98. The quantitative estimate of drug-likeness (QED) is 0.405. The topological polar surface area (TPSA) is 105 Å². The number of esters is 1. The van der Waals surface area contributed by atoms with Crippen LogP contribution in [-0.4, -0.2) is 79.1 Å². The van der Waals surface area contributed by atoms with Crippen molar-refractivity contribution in [3.05, 3.63) is 0 Å². The average molecular weight is 414 g/mol. The summed E-state index contributed by atoms with van der Waals surface area (Å²) in [5.41, 5.74) is 0. The lowest BCUT2D eigenvalue weighted by molar-refractivity contribution is -0.149. The number of ether oxygens (including phenoxy) is 2. The van der Waals surface area contributed by atoms with Gasteiger partial charge in [-0.2, -0.15) is 0 Å². The van der Waals surface area contributed by atoms with Gasteiger partial charge in [0, 0.05) is 6.54 Å². The van der Waals surface area contributed by atoms with Crippen LogP contribution >= 0.6 is 0 Å². The van der Waals surface area contributed by atoms with Crippen LogP contribution < -0.4 is 5.32 Å². The molecule has 1 atom stereocenters. The SMILES string of the molecule is CCCCOC(=O)N(CC(=O)OCC)C(=O)CN(CC(C)C)C(=O)[C@@H]1CCCN1. The molecule has 0 unspecified atom stereocenters. The van der Waals surface area contributed by atoms with E-state index in [0.29, 0.717) is 19.4 Å². The fraction of sp³-hybridized carbons (Fsp3) is 0.800. The van der Waals surface area contributed by atoms with Gasteiger partial charge in [0.05, 0.1) is 19.3 Å². The average Bonchev–Trinajstić information content (AvgIpc) is 3.19. The van der Waals surface area contributed by atoms with Crippen LogP contribution in [0.3, 0.4) is 0 Å². The van der Waals surface area contributed by atoms with Crippen molar-refractivity contribution < 1.29 is 28.7 Å². The van der Waals surface area contributed by atoms with Gasteiger partial charge in [-0.1, -0.05) is 27.2 Å². The number of unbranched alkanes of at least 4 members (excludes halogenated alkanes) is 1. The van der Waals surface area contributed by atoms with Gasteiger partial charge in [0.1, 0.15) is 13.1 Å². The Morgan fingerprint density at radius 1 is 1.10 bits per heavy atom. The summed E-state index contributed by atoms with van der Waals surface area (Å²) < 4.78 is 9.98. The smallest absolute Gasteiger partial charge is 0.417 e. The van der Waals surface area contributed by atoms with Gasteiger partial charge < -0.3 is 19.7 Å². The minimum Gasteiger partial charge on any atom is -0.465 e. The predicted molar refractivity (Wildman–Crippen MR) is 107 cm³/mol. The summed E-state index contributed by atoms with van der Waals surface area (Å²) in [4.78, 5) is 52.2. The Morgan fingerprint density at radius 2 is 1.83 bits per heavy atom. The van der Waals surface area contributed by atoms with Crippen molar-refractivity contribution in [1.82, 2.24) is 15.1 Å². The fourth-order valence-electron chi connectivity index (χ4n) is 3.01. The van der Waals surface area contributed by atoms with Crippen LogP contribution in [0, 0.1) is 5.92 Å². The number of rotatable bonds is 11. The highest BCUT2D eigenvalue weighted by Crippen LogP contribution is 2.11. The molecule has 1 aliphatic heterocycles. The van der Waals surface area contributed by atoms with Crippen LogP contribution in [0.4, 0.5) is 4.79 Å². The van der Waals surface area contributed by atoms with Crippen LogP contribution in [-0.2, 0) is 23.9 Å².